The minimum atomic E-state index is -0.0623. The van der Waals surface area contributed by atoms with Gasteiger partial charge in [-0.15, -0.1) is 0 Å². The van der Waals surface area contributed by atoms with Gasteiger partial charge >= 0.3 is 0 Å². The summed E-state index contributed by atoms with van der Waals surface area (Å²) in [5.41, 5.74) is 2.79. The molecule has 8 nitrogen and oxygen atoms in total. The normalized spacial score (nSPS) is 14.3. The highest BCUT2D eigenvalue weighted by Gasteiger charge is 2.22. The van der Waals surface area contributed by atoms with E-state index in [0.717, 1.165) is 65.4 Å². The minimum absolute atomic E-state index is 0.0623. The van der Waals surface area contributed by atoms with Crippen molar-refractivity contribution in [3.05, 3.63) is 46.5 Å². The fraction of sp³-hybridized carbons (Fsp3) is 0.481. The molecule has 2 aromatic heterocycles. The predicted octanol–water partition coefficient (Wildman–Crippen LogP) is 3.68. The quantitative estimate of drug-likeness (QED) is 0.438. The fourth-order valence-electron chi connectivity index (χ4n) is 4.72. The third-order valence-electron chi connectivity index (χ3n) is 6.95. The van der Waals surface area contributed by atoms with Gasteiger partial charge in [-0.1, -0.05) is 6.92 Å². The Bertz CT molecular complexity index is 1230. The Labute approximate surface area is 207 Å². The van der Waals surface area contributed by atoms with Crippen LogP contribution in [0.25, 0.3) is 21.9 Å². The number of anilines is 1. The van der Waals surface area contributed by atoms with E-state index in [-0.39, 0.29) is 11.6 Å². The zero-order chi connectivity index (χ0) is 25.1. The maximum Gasteiger partial charge on any atom is 0.259 e. The average Bonchev–Trinajstić information content (AvgIpc) is 2.83. The molecular weight excluding hydrogens is 444 g/mol. The van der Waals surface area contributed by atoms with Gasteiger partial charge in [0.15, 0.2) is 0 Å². The van der Waals surface area contributed by atoms with Crippen LogP contribution in [0, 0.1) is 0 Å². The first-order chi connectivity index (χ1) is 16.9. The van der Waals surface area contributed by atoms with Crippen LogP contribution >= 0.6 is 0 Å². The third-order valence-corrected chi connectivity index (χ3v) is 6.95. The van der Waals surface area contributed by atoms with E-state index in [1.165, 1.54) is 0 Å². The fourth-order valence-corrected chi connectivity index (χ4v) is 4.72. The molecule has 4 rings (SSSR count). The van der Waals surface area contributed by atoms with E-state index in [1.54, 1.807) is 39.1 Å². The average molecular weight is 481 g/mol. The van der Waals surface area contributed by atoms with Crippen LogP contribution in [0.2, 0.25) is 0 Å². The highest BCUT2D eigenvalue weighted by Crippen LogP contribution is 2.38. The van der Waals surface area contributed by atoms with Gasteiger partial charge in [0.2, 0.25) is 0 Å². The van der Waals surface area contributed by atoms with E-state index in [0.29, 0.717) is 18.5 Å². The van der Waals surface area contributed by atoms with Gasteiger partial charge in [-0.05, 0) is 43.7 Å². The number of fused-ring (bicyclic) bond motifs is 1. The zero-order valence-corrected chi connectivity index (χ0v) is 21.6. The summed E-state index contributed by atoms with van der Waals surface area (Å²) in [5, 5.41) is 1.48. The maximum absolute atomic E-state index is 12.9. The minimum Gasteiger partial charge on any atom is -0.496 e. The van der Waals surface area contributed by atoms with Crippen LogP contribution in [0.1, 0.15) is 25.8 Å². The number of methoxy groups -OCH3 is 3. The van der Waals surface area contributed by atoms with Crippen LogP contribution in [-0.2, 0) is 18.3 Å². The molecule has 1 unspecified atom stereocenters. The first kappa shape index (κ1) is 25.0. The Kier molecular flexibility index (Phi) is 7.62. The van der Waals surface area contributed by atoms with Gasteiger partial charge in [-0.3, -0.25) is 9.69 Å². The van der Waals surface area contributed by atoms with Crippen molar-refractivity contribution >= 4 is 16.6 Å². The van der Waals surface area contributed by atoms with E-state index in [4.69, 9.17) is 14.2 Å². The Balaban J connectivity index is 1.85. The van der Waals surface area contributed by atoms with Crippen LogP contribution in [0.3, 0.4) is 0 Å². The molecule has 0 spiro atoms. The summed E-state index contributed by atoms with van der Waals surface area (Å²) >= 11 is 0. The topological polar surface area (TPSA) is 69.1 Å². The van der Waals surface area contributed by atoms with E-state index in [9.17, 15) is 4.79 Å². The molecule has 0 aliphatic carbocycles. The summed E-state index contributed by atoms with van der Waals surface area (Å²) in [6.45, 7) is 8.46. The Morgan fingerprint density at radius 2 is 1.77 bits per heavy atom. The molecule has 0 bridgehead atoms. The molecule has 0 N–H and O–H groups in total. The summed E-state index contributed by atoms with van der Waals surface area (Å²) in [7, 11) is 6.86. The van der Waals surface area contributed by atoms with E-state index in [1.807, 2.05) is 24.4 Å². The second-order valence-corrected chi connectivity index (χ2v) is 9.11. The molecule has 0 amide bonds. The van der Waals surface area contributed by atoms with E-state index >= 15 is 0 Å². The number of pyridine rings is 2. The van der Waals surface area contributed by atoms with Gasteiger partial charge in [0.1, 0.15) is 17.3 Å². The lowest BCUT2D eigenvalue weighted by molar-refractivity contribution is 0.0970. The molecule has 188 valence electrons. The molecule has 0 radical (unpaired) electrons. The summed E-state index contributed by atoms with van der Waals surface area (Å²) in [6, 6.07) is 6.35. The van der Waals surface area contributed by atoms with E-state index in [2.05, 4.69) is 28.6 Å². The molecule has 1 atom stereocenters. The number of nitrogens with zero attached hydrogens (tertiary/aromatic N) is 4. The van der Waals surface area contributed by atoms with E-state index < -0.39 is 0 Å². The number of benzene rings is 1. The molecule has 1 fully saturated rings. The number of rotatable bonds is 10. The monoisotopic (exact) mass is 480 g/mol. The van der Waals surface area contributed by atoms with Gasteiger partial charge in [-0.25, -0.2) is 4.98 Å². The van der Waals surface area contributed by atoms with Crippen molar-refractivity contribution in [3.63, 3.8) is 0 Å². The predicted molar refractivity (Wildman–Crippen MR) is 140 cm³/mol. The van der Waals surface area contributed by atoms with Crippen molar-refractivity contribution < 1.29 is 14.2 Å². The number of hydrogen-bond donors (Lipinski definition) is 0. The molecular formula is C27H36N4O4. The van der Waals surface area contributed by atoms with Crippen LogP contribution in [-0.4, -0.2) is 68.1 Å². The Hall–Kier alpha value is -3.10. The van der Waals surface area contributed by atoms with Crippen molar-refractivity contribution in [2.45, 2.75) is 32.9 Å². The molecule has 3 aromatic rings. The molecule has 3 heterocycles. The SMILES string of the molecule is CCN(Cc1c(OC)cc(-c2cn(C)c(=O)c3cnc(N4CCC4)cc23)cc1OC)C(C)COC. The molecule has 1 saturated heterocycles. The lowest BCUT2D eigenvalue weighted by atomic mass is 9.98. The third kappa shape index (κ3) is 4.86. The highest BCUT2D eigenvalue weighted by molar-refractivity contribution is 5.97. The van der Waals surface area contributed by atoms with Crippen molar-refractivity contribution in [3.8, 4) is 22.6 Å². The van der Waals surface area contributed by atoms with Crippen LogP contribution in [0.4, 0.5) is 5.82 Å². The second kappa shape index (κ2) is 10.7. The second-order valence-electron chi connectivity index (χ2n) is 9.11. The van der Waals surface area contributed by atoms with Gasteiger partial charge < -0.3 is 23.7 Å². The summed E-state index contributed by atoms with van der Waals surface area (Å²) in [4.78, 5) is 22.0. The van der Waals surface area contributed by atoms with Gasteiger partial charge in [0, 0.05) is 63.2 Å². The number of likely N-dealkylation sites (N-methyl/N-ethyl adjacent to an activating group) is 1. The smallest absolute Gasteiger partial charge is 0.259 e. The van der Waals surface area contributed by atoms with Crippen molar-refractivity contribution in [2.75, 3.05) is 52.5 Å². The van der Waals surface area contributed by atoms with Crippen molar-refractivity contribution in [1.29, 1.82) is 0 Å². The Morgan fingerprint density at radius 1 is 1.09 bits per heavy atom. The lowest BCUT2D eigenvalue weighted by Crippen LogP contribution is -2.37. The first-order valence-electron chi connectivity index (χ1n) is 12.1. The first-order valence-corrected chi connectivity index (χ1v) is 12.1. The zero-order valence-electron chi connectivity index (χ0n) is 21.6. The van der Waals surface area contributed by atoms with Gasteiger partial charge in [-0.2, -0.15) is 0 Å². The number of hydrogen-bond acceptors (Lipinski definition) is 7. The number of aromatic nitrogens is 2. The van der Waals surface area contributed by atoms with Crippen LogP contribution in [0.15, 0.2) is 35.4 Å². The van der Waals surface area contributed by atoms with Crippen molar-refractivity contribution in [2.24, 2.45) is 7.05 Å². The van der Waals surface area contributed by atoms with Crippen LogP contribution in [0.5, 0.6) is 11.5 Å². The highest BCUT2D eigenvalue weighted by atomic mass is 16.5. The number of ether oxygens (including phenoxy) is 3. The summed E-state index contributed by atoms with van der Waals surface area (Å²) < 4.78 is 18.7. The largest absolute Gasteiger partial charge is 0.496 e. The van der Waals surface area contributed by atoms with Crippen LogP contribution < -0.4 is 19.9 Å². The maximum atomic E-state index is 12.9. The standard InChI is InChI=1S/C27H36N4O4/c1-7-30(18(2)17-33-4)16-23-24(34-5)11-19(12-25(23)35-6)22-15-29(3)27(32)21-14-28-26(13-20(21)22)31-9-8-10-31/h11-15,18H,7-10,16-17H2,1-6H3. The summed E-state index contributed by atoms with van der Waals surface area (Å²) in [5.74, 6) is 2.41. The van der Waals surface area contributed by atoms with Gasteiger partial charge in [0.25, 0.3) is 5.56 Å². The molecule has 1 aliphatic rings. The molecule has 1 aromatic carbocycles. The lowest BCUT2D eigenvalue weighted by Gasteiger charge is -2.32. The molecule has 1 aliphatic heterocycles. The molecule has 35 heavy (non-hydrogen) atoms. The molecule has 8 heteroatoms. The Morgan fingerprint density at radius 3 is 2.31 bits per heavy atom. The van der Waals surface area contributed by atoms with Crippen molar-refractivity contribution in [1.82, 2.24) is 14.5 Å². The number of aryl methyl sites for hydroxylation is 1. The molecule has 0 saturated carbocycles. The summed E-state index contributed by atoms with van der Waals surface area (Å²) in [6.07, 6.45) is 4.75. The van der Waals surface area contributed by atoms with Gasteiger partial charge in [0.05, 0.1) is 31.8 Å².